The van der Waals surface area contributed by atoms with Crippen molar-refractivity contribution in [2.75, 3.05) is 13.2 Å². The highest BCUT2D eigenvalue weighted by Crippen LogP contribution is 2.30. The molecule has 3 aromatic rings. The van der Waals surface area contributed by atoms with Gasteiger partial charge in [-0.15, -0.1) is 11.3 Å². The molecule has 0 saturated carbocycles. The Morgan fingerprint density at radius 3 is 2.85 bits per heavy atom. The average Bonchev–Trinajstić information content (AvgIpc) is 3.22. The van der Waals surface area contributed by atoms with Crippen molar-refractivity contribution in [2.45, 2.75) is 19.1 Å². The number of amides is 2. The van der Waals surface area contributed by atoms with E-state index in [0.717, 1.165) is 5.01 Å². The lowest BCUT2D eigenvalue weighted by Crippen LogP contribution is -2.69. The van der Waals surface area contributed by atoms with Gasteiger partial charge in [0, 0.05) is 17.0 Å². The number of thiazole rings is 1. The minimum atomic E-state index is -1.17. The molecule has 2 aromatic heterocycles. The number of ether oxygens (including phenoxy) is 2. The molecule has 1 aliphatic heterocycles. The molecule has 9 heteroatoms. The highest BCUT2D eigenvalue weighted by Gasteiger charge is 2.46. The molecule has 3 heterocycles. The molecule has 0 aliphatic carbocycles. The number of nitrogens with two attached hydrogens (primary N) is 1. The lowest BCUT2D eigenvalue weighted by molar-refractivity contribution is -0.143. The summed E-state index contributed by atoms with van der Waals surface area (Å²) in [6.07, 6.45) is 1.72. The van der Waals surface area contributed by atoms with Gasteiger partial charge in [-0.2, -0.15) is 0 Å². The third kappa shape index (κ3) is 3.15. The molecule has 1 aromatic carbocycles. The Kier molecular flexibility index (Phi) is 4.33. The first-order valence-corrected chi connectivity index (χ1v) is 9.11. The van der Waals surface area contributed by atoms with Gasteiger partial charge < -0.3 is 24.9 Å². The van der Waals surface area contributed by atoms with E-state index in [1.807, 2.05) is 5.38 Å². The first-order valence-electron chi connectivity index (χ1n) is 8.23. The fourth-order valence-corrected chi connectivity index (χ4v) is 3.43. The first kappa shape index (κ1) is 17.5. The molecule has 0 unspecified atom stereocenters. The largest absolute Gasteiger partial charge is 0.486 e. The van der Waals surface area contributed by atoms with Gasteiger partial charge in [0.25, 0.3) is 5.91 Å². The topological polar surface area (TPSA) is 117 Å². The number of carbonyl (C=O) groups is 2. The molecule has 1 fully saturated rings. The Morgan fingerprint density at radius 2 is 2.22 bits per heavy atom. The second kappa shape index (κ2) is 6.67. The van der Waals surface area contributed by atoms with Crippen LogP contribution in [0.25, 0.3) is 11.0 Å². The monoisotopic (exact) mass is 387 g/mol. The zero-order chi connectivity index (χ0) is 19.0. The normalized spacial score (nSPS) is 15.3. The SMILES string of the molecule is Cc1oc2ccc(OCc3nccs3)cc2c1C(=O)NC1(C(N)=O)COC1. The summed E-state index contributed by atoms with van der Waals surface area (Å²) in [6, 6.07) is 5.25. The number of nitrogens with zero attached hydrogens (tertiary/aromatic N) is 1. The van der Waals surface area contributed by atoms with Crippen molar-refractivity contribution < 1.29 is 23.5 Å². The number of aromatic nitrogens is 1. The van der Waals surface area contributed by atoms with Gasteiger partial charge in [0.1, 0.15) is 28.7 Å². The summed E-state index contributed by atoms with van der Waals surface area (Å²) < 4.78 is 16.5. The van der Waals surface area contributed by atoms with Crippen LogP contribution in [0.2, 0.25) is 0 Å². The molecular weight excluding hydrogens is 370 g/mol. The fourth-order valence-electron chi connectivity index (χ4n) is 2.90. The molecule has 8 nitrogen and oxygen atoms in total. The van der Waals surface area contributed by atoms with Gasteiger partial charge >= 0.3 is 0 Å². The highest BCUT2D eigenvalue weighted by atomic mass is 32.1. The Labute approximate surface area is 158 Å². The van der Waals surface area contributed by atoms with Crippen molar-refractivity contribution in [3.8, 4) is 5.75 Å². The van der Waals surface area contributed by atoms with Gasteiger partial charge in [-0.1, -0.05) is 0 Å². The number of primary amides is 1. The molecule has 1 saturated heterocycles. The van der Waals surface area contributed by atoms with Crippen LogP contribution in [0.4, 0.5) is 0 Å². The van der Waals surface area contributed by atoms with E-state index in [1.165, 1.54) is 11.3 Å². The molecule has 0 bridgehead atoms. The van der Waals surface area contributed by atoms with Gasteiger partial charge in [0.05, 0.1) is 18.8 Å². The number of hydrogen-bond donors (Lipinski definition) is 2. The van der Waals surface area contributed by atoms with Crippen LogP contribution in [0.5, 0.6) is 5.75 Å². The van der Waals surface area contributed by atoms with Crippen LogP contribution in [-0.2, 0) is 16.1 Å². The van der Waals surface area contributed by atoms with Crippen molar-refractivity contribution in [2.24, 2.45) is 5.73 Å². The zero-order valence-corrected chi connectivity index (χ0v) is 15.3. The average molecular weight is 387 g/mol. The maximum Gasteiger partial charge on any atom is 0.256 e. The van der Waals surface area contributed by atoms with Crippen molar-refractivity contribution in [1.29, 1.82) is 0 Å². The van der Waals surface area contributed by atoms with E-state index in [0.29, 0.717) is 34.6 Å². The summed E-state index contributed by atoms with van der Waals surface area (Å²) in [5, 5.41) is 6.02. The summed E-state index contributed by atoms with van der Waals surface area (Å²) in [7, 11) is 0. The third-order valence-corrected chi connectivity index (χ3v) is 5.18. The van der Waals surface area contributed by atoms with Crippen LogP contribution in [-0.4, -0.2) is 35.6 Å². The molecule has 0 spiro atoms. The second-order valence-electron chi connectivity index (χ2n) is 6.30. The number of carbonyl (C=O) groups excluding carboxylic acids is 2. The number of aryl methyl sites for hydroxylation is 1. The van der Waals surface area contributed by atoms with Gasteiger partial charge in [0.15, 0.2) is 5.54 Å². The molecule has 27 heavy (non-hydrogen) atoms. The first-order chi connectivity index (χ1) is 13.0. The van der Waals surface area contributed by atoms with E-state index < -0.39 is 17.4 Å². The van der Waals surface area contributed by atoms with Crippen LogP contribution in [0.1, 0.15) is 21.1 Å². The number of nitrogens with one attached hydrogen (secondary N) is 1. The molecule has 4 rings (SSSR count). The summed E-state index contributed by atoms with van der Waals surface area (Å²) in [5.41, 5.74) is 5.14. The summed E-state index contributed by atoms with van der Waals surface area (Å²) >= 11 is 1.50. The number of fused-ring (bicyclic) bond motifs is 1. The standard InChI is InChI=1S/C18H17N3O5S/c1-10-15(16(22)21-18(17(19)23)8-24-9-18)12-6-11(2-3-13(12)26-10)25-7-14-20-4-5-27-14/h2-6H,7-9H2,1H3,(H2,19,23)(H,21,22). The smallest absolute Gasteiger partial charge is 0.256 e. The van der Waals surface area contributed by atoms with E-state index in [1.54, 1.807) is 31.3 Å². The molecule has 140 valence electrons. The predicted molar refractivity (Wildman–Crippen MR) is 97.6 cm³/mol. The highest BCUT2D eigenvalue weighted by molar-refractivity contribution is 7.09. The molecule has 3 N–H and O–H groups in total. The number of furan rings is 1. The Hall–Kier alpha value is -2.91. The lowest BCUT2D eigenvalue weighted by Gasteiger charge is -2.38. The summed E-state index contributed by atoms with van der Waals surface area (Å²) in [5.74, 6) is -0.0333. The number of benzene rings is 1. The Bertz CT molecular complexity index is 1010. The van der Waals surface area contributed by atoms with Crippen LogP contribution in [0.15, 0.2) is 34.2 Å². The summed E-state index contributed by atoms with van der Waals surface area (Å²) in [4.78, 5) is 28.7. The van der Waals surface area contributed by atoms with Crippen molar-refractivity contribution in [3.63, 3.8) is 0 Å². The van der Waals surface area contributed by atoms with Crippen molar-refractivity contribution in [3.05, 3.63) is 46.1 Å². The van der Waals surface area contributed by atoms with Crippen LogP contribution >= 0.6 is 11.3 Å². The van der Waals surface area contributed by atoms with Crippen molar-refractivity contribution >= 4 is 34.1 Å². The van der Waals surface area contributed by atoms with Crippen LogP contribution < -0.4 is 15.8 Å². The Balaban J connectivity index is 1.61. The molecule has 2 amide bonds. The summed E-state index contributed by atoms with van der Waals surface area (Å²) in [6.45, 7) is 2.15. The van der Waals surface area contributed by atoms with Gasteiger partial charge in [-0.25, -0.2) is 4.98 Å². The maximum atomic E-state index is 12.8. The zero-order valence-electron chi connectivity index (χ0n) is 14.5. The van der Waals surface area contributed by atoms with Gasteiger partial charge in [-0.3, -0.25) is 9.59 Å². The van der Waals surface area contributed by atoms with Crippen LogP contribution in [0, 0.1) is 6.92 Å². The van der Waals surface area contributed by atoms with Crippen LogP contribution in [0.3, 0.4) is 0 Å². The van der Waals surface area contributed by atoms with Gasteiger partial charge in [-0.05, 0) is 25.1 Å². The molecule has 0 radical (unpaired) electrons. The van der Waals surface area contributed by atoms with E-state index >= 15 is 0 Å². The quantitative estimate of drug-likeness (QED) is 0.666. The lowest BCUT2D eigenvalue weighted by atomic mass is 9.95. The molecule has 0 atom stereocenters. The second-order valence-corrected chi connectivity index (χ2v) is 7.28. The predicted octanol–water partition coefficient (Wildman–Crippen LogP) is 1.76. The van der Waals surface area contributed by atoms with E-state index in [-0.39, 0.29) is 13.2 Å². The maximum absolute atomic E-state index is 12.8. The van der Waals surface area contributed by atoms with Crippen molar-refractivity contribution in [1.82, 2.24) is 10.3 Å². The minimum absolute atomic E-state index is 0.0606. The van der Waals surface area contributed by atoms with Gasteiger partial charge in [0.2, 0.25) is 5.91 Å². The van der Waals surface area contributed by atoms with E-state index in [9.17, 15) is 9.59 Å². The molecular formula is C18H17N3O5S. The number of rotatable bonds is 6. The van der Waals surface area contributed by atoms with E-state index in [4.69, 9.17) is 19.6 Å². The Morgan fingerprint density at radius 1 is 1.41 bits per heavy atom. The van der Waals surface area contributed by atoms with E-state index in [2.05, 4.69) is 10.3 Å². The number of hydrogen-bond acceptors (Lipinski definition) is 7. The third-order valence-electron chi connectivity index (χ3n) is 4.43. The minimum Gasteiger partial charge on any atom is -0.486 e. The molecule has 1 aliphatic rings. The fraction of sp³-hybridized carbons (Fsp3) is 0.278.